The van der Waals surface area contributed by atoms with Crippen molar-refractivity contribution in [3.63, 3.8) is 0 Å². The molecule has 0 saturated heterocycles. The van der Waals surface area contributed by atoms with E-state index in [0.29, 0.717) is 0 Å². The van der Waals surface area contributed by atoms with Crippen LogP contribution in [0.1, 0.15) is 0 Å². The first-order chi connectivity index (χ1) is 5.37. The number of nitrogens with two attached hydrogens (primary N) is 4. The summed E-state index contributed by atoms with van der Waals surface area (Å²) in [5.74, 6) is 4.35. The van der Waals surface area contributed by atoms with Gasteiger partial charge in [0, 0.05) is 0 Å². The van der Waals surface area contributed by atoms with Crippen molar-refractivity contribution in [3.05, 3.63) is 0 Å². The van der Waals surface area contributed by atoms with Crippen molar-refractivity contribution in [1.82, 2.24) is 0 Å². The molecule has 0 unspecified atom stereocenters. The van der Waals surface area contributed by atoms with E-state index in [9.17, 15) is 0 Å². The maximum Gasteiger partial charge on any atom is 0.414 e. The molecular formula is C3H12N4O6. The van der Waals surface area contributed by atoms with Crippen molar-refractivity contribution in [2.24, 2.45) is 23.2 Å². The van der Waals surface area contributed by atoms with Gasteiger partial charge >= 0.3 is 18.0 Å². The Balaban J connectivity index is -0.0000000512. The lowest BCUT2D eigenvalue weighted by Gasteiger charge is -1.72. The average Bonchev–Trinajstić information content (AvgIpc) is 1.90. The van der Waals surface area contributed by atoms with E-state index in [-0.39, 0.29) is 5.48 Å². The Morgan fingerprint density at radius 3 is 0.923 bits per heavy atom. The number of hydrogen-bond acceptors (Lipinski definition) is 5. The Morgan fingerprint density at radius 2 is 0.923 bits per heavy atom. The standard InChI is InChI=1S/C2H2O4.CH4N2O.H4N2.H2O/c3-1(4)2(5)6;2-1(3)4;1-2;/h(H,3,4)(H,5,6);(H4,2,3,4);1-2H2;1H2. The average molecular weight is 200 g/mol. The summed E-state index contributed by atoms with van der Waals surface area (Å²) < 4.78 is 0. The maximum atomic E-state index is 9.10. The number of primary amides is 2. The third-order valence-electron chi connectivity index (χ3n) is 0.183. The van der Waals surface area contributed by atoms with Crippen LogP contribution >= 0.6 is 0 Å². The van der Waals surface area contributed by atoms with Crippen LogP contribution in [0.25, 0.3) is 0 Å². The number of urea groups is 1. The first-order valence-corrected chi connectivity index (χ1v) is 2.22. The second-order valence-corrected chi connectivity index (χ2v) is 1.01. The third-order valence-corrected chi connectivity index (χ3v) is 0.183. The Labute approximate surface area is 72.4 Å². The van der Waals surface area contributed by atoms with Gasteiger partial charge in [-0.05, 0) is 0 Å². The number of hydrazine groups is 1. The molecule has 80 valence electrons. The number of carboxylic acids is 2. The smallest absolute Gasteiger partial charge is 0.414 e. The van der Waals surface area contributed by atoms with Gasteiger partial charge in [0.25, 0.3) is 0 Å². The van der Waals surface area contributed by atoms with Crippen LogP contribution in [0.15, 0.2) is 0 Å². The lowest BCUT2D eigenvalue weighted by molar-refractivity contribution is -0.159. The number of rotatable bonds is 0. The highest BCUT2D eigenvalue weighted by Gasteiger charge is 2.04. The third kappa shape index (κ3) is 151. The lowest BCUT2D eigenvalue weighted by atomic mass is 10.7. The van der Waals surface area contributed by atoms with Crippen LogP contribution in [0.4, 0.5) is 4.79 Å². The van der Waals surface area contributed by atoms with Crippen LogP contribution in [0.2, 0.25) is 0 Å². The normalized spacial score (nSPS) is 5.69. The molecule has 0 aromatic rings. The van der Waals surface area contributed by atoms with E-state index < -0.39 is 18.0 Å². The van der Waals surface area contributed by atoms with Crippen molar-refractivity contribution in [3.8, 4) is 0 Å². The monoisotopic (exact) mass is 200 g/mol. The predicted octanol–water partition coefficient (Wildman–Crippen LogP) is -3.83. The number of amides is 2. The quantitative estimate of drug-likeness (QED) is 0.129. The number of carbonyl (C=O) groups is 3. The molecule has 0 aliphatic heterocycles. The summed E-state index contributed by atoms with van der Waals surface area (Å²) in [7, 11) is 0. The van der Waals surface area contributed by atoms with E-state index in [1.165, 1.54) is 0 Å². The summed E-state index contributed by atoms with van der Waals surface area (Å²) in [5.41, 5.74) is 8.50. The summed E-state index contributed by atoms with van der Waals surface area (Å²) >= 11 is 0. The SMILES string of the molecule is NC(N)=O.NN.O.O=C(O)C(=O)O. The molecule has 0 radical (unpaired) electrons. The fraction of sp³-hybridized carbons (Fsp3) is 0. The van der Waals surface area contributed by atoms with Crippen LogP contribution < -0.4 is 23.2 Å². The minimum absolute atomic E-state index is 0. The van der Waals surface area contributed by atoms with Gasteiger partial charge < -0.3 is 27.2 Å². The van der Waals surface area contributed by atoms with Crippen LogP contribution in [0.3, 0.4) is 0 Å². The van der Waals surface area contributed by atoms with Crippen LogP contribution in [-0.4, -0.2) is 33.7 Å². The van der Waals surface area contributed by atoms with E-state index in [0.717, 1.165) is 0 Å². The highest BCUT2D eigenvalue weighted by atomic mass is 16.4. The van der Waals surface area contributed by atoms with Gasteiger partial charge in [-0.15, -0.1) is 0 Å². The topological polar surface area (TPSA) is 227 Å². The molecule has 13 heavy (non-hydrogen) atoms. The van der Waals surface area contributed by atoms with Gasteiger partial charge in [-0.2, -0.15) is 0 Å². The molecule has 0 heterocycles. The van der Waals surface area contributed by atoms with Crippen molar-refractivity contribution in [2.75, 3.05) is 0 Å². The minimum atomic E-state index is -1.82. The molecule has 0 bridgehead atoms. The molecule has 0 fully saturated rings. The zero-order valence-electron chi connectivity index (χ0n) is 6.43. The first-order valence-electron chi connectivity index (χ1n) is 2.22. The zero-order valence-corrected chi connectivity index (χ0v) is 6.43. The van der Waals surface area contributed by atoms with Crippen LogP contribution in [0.5, 0.6) is 0 Å². The van der Waals surface area contributed by atoms with Gasteiger partial charge in [-0.1, -0.05) is 0 Å². The Morgan fingerprint density at radius 1 is 0.846 bits per heavy atom. The van der Waals surface area contributed by atoms with E-state index in [1.54, 1.807) is 0 Å². The Hall–Kier alpha value is -1.91. The summed E-state index contributed by atoms with van der Waals surface area (Å²) in [6.45, 7) is 0. The predicted molar refractivity (Wildman–Crippen MR) is 41.0 cm³/mol. The molecule has 0 aliphatic rings. The lowest BCUT2D eigenvalue weighted by Crippen LogP contribution is -2.18. The Bertz CT molecular complexity index is 142. The molecule has 0 aromatic carbocycles. The van der Waals surface area contributed by atoms with E-state index >= 15 is 0 Å². The number of carbonyl (C=O) groups excluding carboxylic acids is 1. The highest BCUT2D eigenvalue weighted by molar-refractivity contribution is 6.27. The van der Waals surface area contributed by atoms with Gasteiger partial charge in [0.05, 0.1) is 0 Å². The summed E-state index contributed by atoms with van der Waals surface area (Å²) in [6.07, 6.45) is 0. The number of carboxylic acid groups (broad SMARTS) is 2. The van der Waals surface area contributed by atoms with Crippen molar-refractivity contribution < 1.29 is 30.1 Å². The van der Waals surface area contributed by atoms with Crippen molar-refractivity contribution in [1.29, 1.82) is 0 Å². The van der Waals surface area contributed by atoms with E-state index in [4.69, 9.17) is 24.6 Å². The first kappa shape index (κ1) is 22.5. The van der Waals surface area contributed by atoms with Gasteiger partial charge in [0.15, 0.2) is 0 Å². The summed E-state index contributed by atoms with van der Waals surface area (Å²) in [6, 6.07) is -0.833. The van der Waals surface area contributed by atoms with Crippen LogP contribution in [-0.2, 0) is 9.59 Å². The van der Waals surface area contributed by atoms with Crippen molar-refractivity contribution in [2.45, 2.75) is 0 Å². The minimum Gasteiger partial charge on any atom is -0.473 e. The van der Waals surface area contributed by atoms with Gasteiger partial charge in [-0.25, -0.2) is 14.4 Å². The summed E-state index contributed by atoms with van der Waals surface area (Å²) in [5, 5.41) is 14.8. The highest BCUT2D eigenvalue weighted by Crippen LogP contribution is 1.56. The molecule has 10 heteroatoms. The van der Waals surface area contributed by atoms with E-state index in [2.05, 4.69) is 23.2 Å². The number of aliphatic carboxylic acids is 2. The second-order valence-electron chi connectivity index (χ2n) is 1.01. The Kier molecular flexibility index (Phi) is 28.7. The second kappa shape index (κ2) is 16.6. The molecule has 10 nitrogen and oxygen atoms in total. The van der Waals surface area contributed by atoms with Crippen molar-refractivity contribution >= 4 is 18.0 Å². The van der Waals surface area contributed by atoms with Gasteiger partial charge in [-0.3, -0.25) is 11.7 Å². The van der Waals surface area contributed by atoms with Gasteiger partial charge in [0.2, 0.25) is 0 Å². The fourth-order valence-electron chi connectivity index (χ4n) is 0. The van der Waals surface area contributed by atoms with E-state index in [1.807, 2.05) is 0 Å². The maximum absolute atomic E-state index is 9.10. The molecule has 0 rings (SSSR count). The zero-order chi connectivity index (χ0) is 10.7. The molecule has 0 spiro atoms. The summed E-state index contributed by atoms with van der Waals surface area (Å²) in [4.78, 5) is 27.2. The molecule has 0 aromatic heterocycles. The molecule has 2 amide bonds. The fourth-order valence-corrected chi connectivity index (χ4v) is 0. The molecule has 12 N–H and O–H groups in total. The number of hydrogen-bond donors (Lipinski definition) is 6. The largest absolute Gasteiger partial charge is 0.473 e. The molecular weight excluding hydrogens is 188 g/mol. The van der Waals surface area contributed by atoms with Gasteiger partial charge in [0.1, 0.15) is 0 Å². The molecule has 0 atom stereocenters. The van der Waals surface area contributed by atoms with Crippen LogP contribution in [0, 0.1) is 0 Å². The molecule has 0 saturated carbocycles. The molecule has 0 aliphatic carbocycles.